The third-order valence-corrected chi connectivity index (χ3v) is 6.74. The van der Waals surface area contributed by atoms with Crippen LogP contribution in [0.5, 0.6) is 5.75 Å². The molecule has 1 saturated heterocycles. The first kappa shape index (κ1) is 21.0. The van der Waals surface area contributed by atoms with E-state index in [1.54, 1.807) is 36.2 Å². The highest BCUT2D eigenvalue weighted by Gasteiger charge is 2.37. The van der Waals surface area contributed by atoms with Crippen LogP contribution in [0.25, 0.3) is 0 Å². The Hall–Kier alpha value is -1.31. The highest BCUT2D eigenvalue weighted by molar-refractivity contribution is 7.89. The van der Waals surface area contributed by atoms with Gasteiger partial charge in [0.05, 0.1) is 12.3 Å². The lowest BCUT2D eigenvalue weighted by Crippen LogP contribution is -2.53. The van der Waals surface area contributed by atoms with E-state index in [9.17, 15) is 13.2 Å². The number of likely N-dealkylation sites (N-methyl/N-ethyl adjacent to an activating group) is 1. The second-order valence-electron chi connectivity index (χ2n) is 6.50. The molecule has 0 aliphatic carbocycles. The number of halogens is 1. The van der Waals surface area contributed by atoms with E-state index in [0.717, 1.165) is 12.8 Å². The second kappa shape index (κ2) is 9.58. The Morgan fingerprint density at radius 3 is 2.85 bits per heavy atom. The molecular formula is C18H27ClN2O4S. The van der Waals surface area contributed by atoms with Gasteiger partial charge < -0.3 is 9.64 Å². The zero-order valence-electron chi connectivity index (χ0n) is 15.4. The molecule has 1 aromatic rings. The molecule has 1 heterocycles. The Kier molecular flexibility index (Phi) is 7.73. The highest BCUT2D eigenvalue weighted by atomic mass is 35.5. The maximum atomic E-state index is 12.8. The zero-order chi connectivity index (χ0) is 19.2. The molecule has 1 fully saturated rings. The standard InChI is InChI=1S/C18H27ClN2O4S/c1-3-13-26(23,24)21-10-5-4-9-17(21)18(22)20(2)11-12-25-16-8-6-7-15(19)14-16/h6-8,14,17H,3-5,9-13H2,1-2H3. The molecule has 26 heavy (non-hydrogen) atoms. The van der Waals surface area contributed by atoms with E-state index in [1.807, 2.05) is 6.92 Å². The van der Waals surface area contributed by atoms with Crippen molar-refractivity contribution in [2.45, 2.75) is 38.6 Å². The summed E-state index contributed by atoms with van der Waals surface area (Å²) in [6.45, 7) is 2.95. The molecule has 0 N–H and O–H groups in total. The maximum absolute atomic E-state index is 12.8. The Morgan fingerprint density at radius 2 is 2.15 bits per heavy atom. The van der Waals surface area contributed by atoms with Crippen molar-refractivity contribution in [2.24, 2.45) is 0 Å². The number of rotatable bonds is 8. The lowest BCUT2D eigenvalue weighted by atomic mass is 10.0. The predicted molar refractivity (Wildman–Crippen MR) is 103 cm³/mol. The smallest absolute Gasteiger partial charge is 0.240 e. The van der Waals surface area contributed by atoms with Crippen LogP contribution >= 0.6 is 11.6 Å². The molecular weight excluding hydrogens is 376 g/mol. The van der Waals surface area contributed by atoms with Crippen molar-refractivity contribution in [2.75, 3.05) is 32.5 Å². The van der Waals surface area contributed by atoms with E-state index >= 15 is 0 Å². The minimum absolute atomic E-state index is 0.0817. The van der Waals surface area contributed by atoms with Crippen LogP contribution in [0.15, 0.2) is 24.3 Å². The van der Waals surface area contributed by atoms with Crippen LogP contribution in [0.4, 0.5) is 0 Å². The first-order valence-corrected chi connectivity index (χ1v) is 11.0. The number of nitrogens with zero attached hydrogens (tertiary/aromatic N) is 2. The number of carbonyl (C=O) groups excluding carboxylic acids is 1. The van der Waals surface area contributed by atoms with Crippen LogP contribution in [0.1, 0.15) is 32.6 Å². The average molecular weight is 403 g/mol. The average Bonchev–Trinajstić information content (AvgIpc) is 2.61. The van der Waals surface area contributed by atoms with Gasteiger partial charge in [-0.05, 0) is 37.5 Å². The van der Waals surface area contributed by atoms with Crippen LogP contribution in [-0.4, -0.2) is 62.1 Å². The minimum atomic E-state index is -3.39. The van der Waals surface area contributed by atoms with Gasteiger partial charge in [-0.3, -0.25) is 4.79 Å². The zero-order valence-corrected chi connectivity index (χ0v) is 16.9. The van der Waals surface area contributed by atoms with Gasteiger partial charge >= 0.3 is 0 Å². The molecule has 1 aromatic carbocycles. The third kappa shape index (κ3) is 5.59. The highest BCUT2D eigenvalue weighted by Crippen LogP contribution is 2.23. The van der Waals surface area contributed by atoms with Crippen LogP contribution < -0.4 is 4.74 Å². The van der Waals surface area contributed by atoms with E-state index in [4.69, 9.17) is 16.3 Å². The molecule has 0 aromatic heterocycles. The Bertz CT molecular complexity index is 711. The summed E-state index contributed by atoms with van der Waals surface area (Å²) < 4.78 is 32.0. The van der Waals surface area contributed by atoms with Gasteiger partial charge in [-0.25, -0.2) is 8.42 Å². The number of amides is 1. The summed E-state index contributed by atoms with van der Waals surface area (Å²) in [4.78, 5) is 14.3. The summed E-state index contributed by atoms with van der Waals surface area (Å²) in [6.07, 6.45) is 2.78. The number of carbonyl (C=O) groups is 1. The summed E-state index contributed by atoms with van der Waals surface area (Å²) in [5.74, 6) is 0.556. The first-order valence-electron chi connectivity index (χ1n) is 8.98. The van der Waals surface area contributed by atoms with Crippen molar-refractivity contribution in [3.05, 3.63) is 29.3 Å². The topological polar surface area (TPSA) is 66.9 Å². The number of ether oxygens (including phenoxy) is 1. The quantitative estimate of drug-likeness (QED) is 0.670. The van der Waals surface area contributed by atoms with Crippen molar-refractivity contribution >= 4 is 27.5 Å². The summed E-state index contributed by atoms with van der Waals surface area (Å²) in [6, 6.07) is 6.47. The van der Waals surface area contributed by atoms with Crippen LogP contribution in [-0.2, 0) is 14.8 Å². The van der Waals surface area contributed by atoms with Gasteiger partial charge in [-0.1, -0.05) is 31.0 Å². The molecule has 1 aliphatic rings. The lowest BCUT2D eigenvalue weighted by molar-refractivity contribution is -0.135. The Labute approximate surface area is 161 Å². The normalized spacial score (nSPS) is 18.5. The number of benzene rings is 1. The second-order valence-corrected chi connectivity index (χ2v) is 8.98. The fraction of sp³-hybridized carbons (Fsp3) is 0.611. The molecule has 0 bridgehead atoms. The monoisotopic (exact) mass is 402 g/mol. The van der Waals surface area contributed by atoms with Gasteiger partial charge in [0, 0.05) is 18.6 Å². The first-order chi connectivity index (χ1) is 12.3. The van der Waals surface area contributed by atoms with E-state index in [1.165, 1.54) is 4.31 Å². The van der Waals surface area contributed by atoms with Gasteiger partial charge in [0.2, 0.25) is 15.9 Å². The SMILES string of the molecule is CCCS(=O)(=O)N1CCCCC1C(=O)N(C)CCOc1cccc(Cl)c1. The molecule has 1 atom stereocenters. The van der Waals surface area contributed by atoms with Crippen molar-refractivity contribution < 1.29 is 17.9 Å². The van der Waals surface area contributed by atoms with E-state index in [0.29, 0.717) is 43.3 Å². The lowest BCUT2D eigenvalue weighted by Gasteiger charge is -2.35. The van der Waals surface area contributed by atoms with Gasteiger partial charge in [-0.15, -0.1) is 0 Å². The van der Waals surface area contributed by atoms with E-state index < -0.39 is 16.1 Å². The molecule has 1 unspecified atom stereocenters. The number of sulfonamides is 1. The van der Waals surface area contributed by atoms with Crippen LogP contribution in [0, 0.1) is 0 Å². The summed E-state index contributed by atoms with van der Waals surface area (Å²) in [5.41, 5.74) is 0. The number of piperidine rings is 1. The third-order valence-electron chi connectivity index (χ3n) is 4.43. The van der Waals surface area contributed by atoms with Crippen molar-refractivity contribution in [1.29, 1.82) is 0 Å². The maximum Gasteiger partial charge on any atom is 0.240 e. The number of hydrogen-bond acceptors (Lipinski definition) is 4. The molecule has 0 spiro atoms. The Morgan fingerprint density at radius 1 is 1.38 bits per heavy atom. The largest absolute Gasteiger partial charge is 0.492 e. The molecule has 8 heteroatoms. The van der Waals surface area contributed by atoms with Crippen LogP contribution in [0.3, 0.4) is 0 Å². The summed E-state index contributed by atoms with van der Waals surface area (Å²) in [5, 5.41) is 0.589. The van der Waals surface area contributed by atoms with E-state index in [2.05, 4.69) is 0 Å². The van der Waals surface area contributed by atoms with Gasteiger partial charge in [0.15, 0.2) is 0 Å². The molecule has 1 amide bonds. The fourth-order valence-corrected chi connectivity index (χ4v) is 5.00. The summed E-state index contributed by atoms with van der Waals surface area (Å²) in [7, 11) is -1.71. The summed E-state index contributed by atoms with van der Waals surface area (Å²) >= 11 is 5.92. The molecule has 2 rings (SSSR count). The fourth-order valence-electron chi connectivity index (χ4n) is 3.08. The van der Waals surface area contributed by atoms with Crippen LogP contribution in [0.2, 0.25) is 5.02 Å². The van der Waals surface area contributed by atoms with Crippen molar-refractivity contribution in [3.8, 4) is 5.75 Å². The van der Waals surface area contributed by atoms with Gasteiger partial charge in [0.1, 0.15) is 18.4 Å². The van der Waals surface area contributed by atoms with E-state index in [-0.39, 0.29) is 11.7 Å². The van der Waals surface area contributed by atoms with Crippen molar-refractivity contribution in [3.63, 3.8) is 0 Å². The predicted octanol–water partition coefficient (Wildman–Crippen LogP) is 2.77. The minimum Gasteiger partial charge on any atom is -0.492 e. The van der Waals surface area contributed by atoms with Gasteiger partial charge in [-0.2, -0.15) is 4.31 Å². The molecule has 6 nitrogen and oxygen atoms in total. The molecule has 0 saturated carbocycles. The molecule has 1 aliphatic heterocycles. The Balaban J connectivity index is 1.94. The van der Waals surface area contributed by atoms with Crippen molar-refractivity contribution in [1.82, 2.24) is 9.21 Å². The van der Waals surface area contributed by atoms with Gasteiger partial charge in [0.25, 0.3) is 0 Å². The molecule has 0 radical (unpaired) electrons. The molecule has 146 valence electrons. The number of hydrogen-bond donors (Lipinski definition) is 0.